The molecule has 0 unspecified atom stereocenters. The third-order valence-corrected chi connectivity index (χ3v) is 6.64. The lowest BCUT2D eigenvalue weighted by Gasteiger charge is -2.45. The van der Waals surface area contributed by atoms with Gasteiger partial charge in [0.05, 0.1) is 13.7 Å². The normalized spacial score (nSPS) is 20.7. The van der Waals surface area contributed by atoms with Gasteiger partial charge in [0.1, 0.15) is 5.66 Å². The Kier molecular flexibility index (Phi) is 5.95. The monoisotopic (exact) mass is 467 g/mol. The average molecular weight is 468 g/mol. The number of ether oxygens (including phenoxy) is 4. The summed E-state index contributed by atoms with van der Waals surface area (Å²) in [6.07, 6.45) is 1.53. The van der Waals surface area contributed by atoms with Crippen LogP contribution >= 0.6 is 0 Å². The highest BCUT2D eigenvalue weighted by molar-refractivity contribution is 6.02. The summed E-state index contributed by atoms with van der Waals surface area (Å²) in [5, 5.41) is 14.6. The largest absolute Gasteiger partial charge is 0.504 e. The highest BCUT2D eigenvalue weighted by atomic mass is 16.7. The van der Waals surface area contributed by atoms with Crippen molar-refractivity contribution in [3.05, 3.63) is 47.5 Å². The van der Waals surface area contributed by atoms with E-state index in [0.717, 1.165) is 22.6 Å². The summed E-state index contributed by atoms with van der Waals surface area (Å²) in [6, 6.07) is 11.2. The second-order valence-electron chi connectivity index (χ2n) is 8.64. The fourth-order valence-electron chi connectivity index (χ4n) is 4.87. The molecule has 9 nitrogen and oxygen atoms in total. The molecule has 2 aromatic carbocycles. The van der Waals surface area contributed by atoms with Crippen LogP contribution in [0.3, 0.4) is 0 Å². The van der Waals surface area contributed by atoms with Gasteiger partial charge < -0.3 is 29.0 Å². The molecule has 0 radical (unpaired) electrons. The number of hydrogen-bond acceptors (Lipinski definition) is 8. The number of benzene rings is 2. The number of rotatable bonds is 4. The number of aliphatic imine (C=N–C) groups is 1. The first-order chi connectivity index (χ1) is 16.5. The molecule has 3 aliphatic heterocycles. The van der Waals surface area contributed by atoms with E-state index in [1.807, 2.05) is 30.3 Å². The predicted molar refractivity (Wildman–Crippen MR) is 125 cm³/mol. The molecule has 3 heterocycles. The number of piperidine rings is 1. The molecule has 0 saturated carbocycles. The highest BCUT2D eigenvalue weighted by Crippen LogP contribution is 2.41. The lowest BCUT2D eigenvalue weighted by molar-refractivity contribution is 0.0778. The number of phenolic OH excluding ortho intramolecular Hbond substituents is 1. The number of para-hydroxylation sites is 1. The molecule has 9 heteroatoms. The maximum atomic E-state index is 12.2. The summed E-state index contributed by atoms with van der Waals surface area (Å²) in [5.74, 6) is 1.97. The van der Waals surface area contributed by atoms with Gasteiger partial charge in [-0.15, -0.1) is 0 Å². The van der Waals surface area contributed by atoms with Crippen molar-refractivity contribution in [1.29, 1.82) is 0 Å². The summed E-state index contributed by atoms with van der Waals surface area (Å²) < 4.78 is 21.6. The molecule has 1 fully saturated rings. The van der Waals surface area contributed by atoms with E-state index >= 15 is 0 Å². The first kappa shape index (κ1) is 22.3. The van der Waals surface area contributed by atoms with Crippen molar-refractivity contribution in [3.63, 3.8) is 0 Å². The summed E-state index contributed by atoms with van der Waals surface area (Å²) in [6.45, 7) is 3.42. The topological polar surface area (TPSA) is 102 Å². The van der Waals surface area contributed by atoms with Crippen molar-refractivity contribution in [2.24, 2.45) is 4.99 Å². The smallest absolute Gasteiger partial charge is 0.409 e. The number of carbonyl (C=O) groups excluding carboxylic acids is 1. The van der Waals surface area contributed by atoms with Crippen LogP contribution in [-0.4, -0.2) is 61.1 Å². The first-order valence-corrected chi connectivity index (χ1v) is 11.6. The number of likely N-dealkylation sites (tertiary alicyclic amines) is 1. The molecule has 2 aromatic rings. The number of aromatic hydroxyl groups is 1. The Morgan fingerprint density at radius 1 is 1.24 bits per heavy atom. The quantitative estimate of drug-likeness (QED) is 0.708. The van der Waals surface area contributed by atoms with E-state index < -0.39 is 5.66 Å². The molecular formula is C25H29N3O6. The molecule has 1 spiro atoms. The van der Waals surface area contributed by atoms with Gasteiger partial charge in [0, 0.05) is 49.7 Å². The van der Waals surface area contributed by atoms with E-state index in [0.29, 0.717) is 50.5 Å². The van der Waals surface area contributed by atoms with Gasteiger partial charge in [0.25, 0.3) is 0 Å². The molecule has 34 heavy (non-hydrogen) atoms. The van der Waals surface area contributed by atoms with Gasteiger partial charge in [0.15, 0.2) is 23.0 Å². The zero-order chi connectivity index (χ0) is 23.7. The number of amides is 1. The van der Waals surface area contributed by atoms with E-state index in [4.69, 9.17) is 23.9 Å². The van der Waals surface area contributed by atoms with Gasteiger partial charge in [0.2, 0.25) is 6.79 Å². The third kappa shape index (κ3) is 4.11. The van der Waals surface area contributed by atoms with E-state index in [1.165, 1.54) is 0 Å². The Morgan fingerprint density at radius 3 is 2.79 bits per heavy atom. The Balaban J connectivity index is 1.49. The van der Waals surface area contributed by atoms with Crippen LogP contribution in [0.4, 0.5) is 4.79 Å². The van der Waals surface area contributed by atoms with Gasteiger partial charge in [-0.3, -0.25) is 10.3 Å². The number of nitrogens with one attached hydrogen (secondary N) is 1. The lowest BCUT2D eigenvalue weighted by atomic mass is 9.87. The summed E-state index contributed by atoms with van der Waals surface area (Å²) in [7, 11) is 1.54. The van der Waals surface area contributed by atoms with Gasteiger partial charge in [-0.1, -0.05) is 12.1 Å². The molecule has 0 bridgehead atoms. The Bertz CT molecular complexity index is 1110. The average Bonchev–Trinajstić information content (AvgIpc) is 3.32. The third-order valence-electron chi connectivity index (χ3n) is 6.64. The van der Waals surface area contributed by atoms with Gasteiger partial charge in [-0.2, -0.15) is 0 Å². The molecule has 0 aliphatic carbocycles. The SMILES string of the molecule is CCOC(=O)N1CCC2(CC1)N=C(c1ccc3c(c1)OCO3)C[C@@H](c1cccc(OC)c1O)N2. The Labute approximate surface area is 198 Å². The lowest BCUT2D eigenvalue weighted by Crippen LogP contribution is -2.56. The van der Waals surface area contributed by atoms with Gasteiger partial charge in [-0.25, -0.2) is 4.79 Å². The van der Waals surface area contributed by atoms with Crippen LogP contribution in [0.1, 0.15) is 43.4 Å². The minimum atomic E-state index is -0.576. The second-order valence-corrected chi connectivity index (χ2v) is 8.64. The van der Waals surface area contributed by atoms with Crippen LogP contribution in [0.5, 0.6) is 23.0 Å². The van der Waals surface area contributed by atoms with Crippen LogP contribution in [0.15, 0.2) is 41.4 Å². The van der Waals surface area contributed by atoms with Gasteiger partial charge >= 0.3 is 6.09 Å². The molecule has 3 aliphatic rings. The predicted octanol–water partition coefficient (Wildman–Crippen LogP) is 3.60. The van der Waals surface area contributed by atoms with Crippen molar-refractivity contribution in [1.82, 2.24) is 10.2 Å². The van der Waals surface area contributed by atoms with Crippen molar-refractivity contribution < 1.29 is 28.8 Å². The first-order valence-electron chi connectivity index (χ1n) is 11.6. The van der Waals surface area contributed by atoms with Crippen molar-refractivity contribution in [3.8, 4) is 23.0 Å². The standard InChI is InChI=1S/C25H29N3O6/c1-3-32-24(30)28-11-9-25(10-12-28)26-18(16-7-8-20-22(13-16)34-15-33-20)14-19(27-25)17-5-4-6-21(31-2)23(17)29/h4-8,13,19,27,29H,3,9-12,14-15H2,1-2H3/t19-/m0/s1. The Hall–Kier alpha value is -3.46. The van der Waals surface area contributed by atoms with Crippen molar-refractivity contribution >= 4 is 11.8 Å². The summed E-state index contributed by atoms with van der Waals surface area (Å²) in [4.78, 5) is 19.1. The van der Waals surface area contributed by atoms with Crippen LogP contribution in [0.2, 0.25) is 0 Å². The van der Waals surface area contributed by atoms with E-state index in [2.05, 4.69) is 5.32 Å². The molecule has 180 valence electrons. The van der Waals surface area contributed by atoms with Crippen LogP contribution < -0.4 is 19.5 Å². The van der Waals surface area contributed by atoms with E-state index in [-0.39, 0.29) is 24.7 Å². The summed E-state index contributed by atoms with van der Waals surface area (Å²) >= 11 is 0. The molecule has 1 atom stereocenters. The molecule has 0 aromatic heterocycles. The summed E-state index contributed by atoms with van der Waals surface area (Å²) in [5.41, 5.74) is 2.03. The molecular weight excluding hydrogens is 438 g/mol. The zero-order valence-electron chi connectivity index (χ0n) is 19.4. The number of phenols is 1. The minimum absolute atomic E-state index is 0.119. The Morgan fingerprint density at radius 2 is 2.03 bits per heavy atom. The van der Waals surface area contributed by atoms with Gasteiger partial charge in [-0.05, 0) is 36.8 Å². The minimum Gasteiger partial charge on any atom is -0.504 e. The number of methoxy groups -OCH3 is 1. The molecule has 5 rings (SSSR count). The molecule has 2 N–H and O–H groups in total. The van der Waals surface area contributed by atoms with E-state index in [1.54, 1.807) is 25.0 Å². The maximum absolute atomic E-state index is 12.2. The molecule has 1 saturated heterocycles. The fraction of sp³-hybridized carbons (Fsp3) is 0.440. The van der Waals surface area contributed by atoms with Crippen LogP contribution in [-0.2, 0) is 4.74 Å². The molecule has 1 amide bonds. The fourth-order valence-corrected chi connectivity index (χ4v) is 4.87. The number of carbonyl (C=O) groups is 1. The number of nitrogens with zero attached hydrogens (tertiary/aromatic N) is 2. The van der Waals surface area contributed by atoms with Crippen molar-refractivity contribution in [2.75, 3.05) is 33.6 Å². The van der Waals surface area contributed by atoms with Crippen molar-refractivity contribution in [2.45, 2.75) is 37.9 Å². The van der Waals surface area contributed by atoms with Crippen LogP contribution in [0, 0.1) is 0 Å². The number of fused-ring (bicyclic) bond motifs is 1. The van der Waals surface area contributed by atoms with E-state index in [9.17, 15) is 9.90 Å². The maximum Gasteiger partial charge on any atom is 0.409 e. The van der Waals surface area contributed by atoms with Crippen LogP contribution in [0.25, 0.3) is 0 Å². The zero-order valence-corrected chi connectivity index (χ0v) is 19.4. The highest BCUT2D eigenvalue weighted by Gasteiger charge is 2.42. The second kappa shape index (κ2) is 9.06. The number of hydrogen-bond donors (Lipinski definition) is 2.